The van der Waals surface area contributed by atoms with Crippen LogP contribution in [0.5, 0.6) is 5.75 Å². The van der Waals surface area contributed by atoms with E-state index >= 15 is 0 Å². The summed E-state index contributed by atoms with van der Waals surface area (Å²) in [5.41, 5.74) is 1.15. The molecule has 0 aliphatic carbocycles. The second-order valence-electron chi connectivity index (χ2n) is 5.62. The van der Waals surface area contributed by atoms with Gasteiger partial charge in [0.1, 0.15) is 12.4 Å². The third-order valence-electron chi connectivity index (χ3n) is 3.50. The van der Waals surface area contributed by atoms with Crippen molar-refractivity contribution in [3.8, 4) is 5.75 Å². The summed E-state index contributed by atoms with van der Waals surface area (Å²) in [6, 6.07) is 12.8. The van der Waals surface area contributed by atoms with Gasteiger partial charge in [0.25, 0.3) is 0 Å². The molecule has 0 unspecified atom stereocenters. The Morgan fingerprint density at radius 3 is 2.56 bits per heavy atom. The van der Waals surface area contributed by atoms with Crippen molar-refractivity contribution in [1.82, 2.24) is 4.72 Å². The lowest BCUT2D eigenvalue weighted by Gasteiger charge is -2.16. The van der Waals surface area contributed by atoms with Crippen molar-refractivity contribution in [1.29, 1.82) is 0 Å². The number of nitrogens with one attached hydrogen (secondary N) is 1. The molecule has 0 aliphatic rings. The molecule has 2 aromatic rings. The van der Waals surface area contributed by atoms with E-state index in [2.05, 4.69) is 9.46 Å². The molecular weight excluding hydrogens is 342 g/mol. The van der Waals surface area contributed by atoms with Gasteiger partial charge in [0.15, 0.2) is 0 Å². The first-order valence-corrected chi connectivity index (χ1v) is 9.21. The zero-order chi connectivity index (χ0) is 18.4. The number of hydrogen-bond donors (Lipinski definition) is 1. The smallest absolute Gasteiger partial charge is 0.337 e. The van der Waals surface area contributed by atoms with E-state index in [1.807, 2.05) is 31.2 Å². The summed E-state index contributed by atoms with van der Waals surface area (Å²) in [6.07, 6.45) is 0. The molecule has 0 bridgehead atoms. The van der Waals surface area contributed by atoms with Crippen LogP contribution in [0.4, 0.5) is 0 Å². The van der Waals surface area contributed by atoms with Gasteiger partial charge in [-0.25, -0.2) is 17.9 Å². The molecule has 0 saturated heterocycles. The van der Waals surface area contributed by atoms with Crippen LogP contribution in [0, 0.1) is 6.92 Å². The highest BCUT2D eigenvalue weighted by molar-refractivity contribution is 7.89. The zero-order valence-electron chi connectivity index (χ0n) is 14.4. The highest BCUT2D eigenvalue weighted by atomic mass is 32.2. The Bertz CT molecular complexity index is 848. The lowest BCUT2D eigenvalue weighted by molar-refractivity contribution is 0.0600. The molecule has 0 radical (unpaired) electrons. The Morgan fingerprint density at radius 2 is 1.88 bits per heavy atom. The fraction of sp³-hybridized carbons (Fsp3) is 0.278. The minimum atomic E-state index is -3.78. The second kappa shape index (κ2) is 8.13. The Morgan fingerprint density at radius 1 is 1.16 bits per heavy atom. The van der Waals surface area contributed by atoms with Crippen LogP contribution >= 0.6 is 0 Å². The maximum atomic E-state index is 12.5. The van der Waals surface area contributed by atoms with Gasteiger partial charge in [-0.05, 0) is 43.7 Å². The molecule has 25 heavy (non-hydrogen) atoms. The minimum Gasteiger partial charge on any atom is -0.492 e. The lowest BCUT2D eigenvalue weighted by atomic mass is 10.2. The molecule has 2 aromatic carbocycles. The third kappa shape index (κ3) is 5.04. The van der Waals surface area contributed by atoms with Crippen LogP contribution in [-0.2, 0) is 14.8 Å². The molecule has 0 amide bonds. The van der Waals surface area contributed by atoms with E-state index in [1.54, 1.807) is 6.92 Å². The van der Waals surface area contributed by atoms with E-state index < -0.39 is 22.0 Å². The van der Waals surface area contributed by atoms with Crippen molar-refractivity contribution >= 4 is 16.0 Å². The number of methoxy groups -OCH3 is 1. The summed E-state index contributed by atoms with van der Waals surface area (Å²) >= 11 is 0. The molecule has 0 fully saturated rings. The number of esters is 1. The average Bonchev–Trinajstić information content (AvgIpc) is 2.60. The third-order valence-corrected chi connectivity index (χ3v) is 5.09. The fourth-order valence-corrected chi connectivity index (χ4v) is 3.48. The second-order valence-corrected chi connectivity index (χ2v) is 7.33. The maximum absolute atomic E-state index is 12.5. The quantitative estimate of drug-likeness (QED) is 0.765. The Labute approximate surface area is 147 Å². The van der Waals surface area contributed by atoms with Crippen LogP contribution < -0.4 is 9.46 Å². The monoisotopic (exact) mass is 363 g/mol. The number of carbonyl (C=O) groups excluding carboxylic acids is 1. The fourth-order valence-electron chi connectivity index (χ4n) is 2.21. The van der Waals surface area contributed by atoms with Crippen molar-refractivity contribution < 1.29 is 22.7 Å². The molecule has 0 spiro atoms. The van der Waals surface area contributed by atoms with Crippen LogP contribution in [0.25, 0.3) is 0 Å². The molecule has 1 atom stereocenters. The number of carbonyl (C=O) groups is 1. The van der Waals surface area contributed by atoms with Gasteiger partial charge in [0, 0.05) is 0 Å². The summed E-state index contributed by atoms with van der Waals surface area (Å²) in [5.74, 6) is 0.120. The first-order valence-electron chi connectivity index (χ1n) is 7.72. The van der Waals surface area contributed by atoms with Crippen LogP contribution in [0.2, 0.25) is 0 Å². The van der Waals surface area contributed by atoms with Crippen molar-refractivity contribution in [3.05, 3.63) is 59.7 Å². The summed E-state index contributed by atoms with van der Waals surface area (Å²) in [5, 5.41) is 0. The molecule has 1 N–H and O–H groups in total. The molecule has 0 aliphatic heterocycles. The van der Waals surface area contributed by atoms with Gasteiger partial charge in [0.2, 0.25) is 10.0 Å². The molecule has 0 heterocycles. The number of ether oxygens (including phenoxy) is 2. The van der Waals surface area contributed by atoms with Crippen molar-refractivity contribution in [3.63, 3.8) is 0 Å². The molecule has 0 saturated carbocycles. The van der Waals surface area contributed by atoms with Crippen LogP contribution in [-0.4, -0.2) is 34.1 Å². The van der Waals surface area contributed by atoms with Gasteiger partial charge in [-0.15, -0.1) is 0 Å². The summed E-state index contributed by atoms with van der Waals surface area (Å²) in [7, 11) is -2.53. The lowest BCUT2D eigenvalue weighted by Crippen LogP contribution is -2.36. The van der Waals surface area contributed by atoms with Gasteiger partial charge >= 0.3 is 5.97 Å². The first kappa shape index (κ1) is 19.0. The molecule has 7 heteroatoms. The normalized spacial score (nSPS) is 12.4. The van der Waals surface area contributed by atoms with Gasteiger partial charge in [-0.1, -0.05) is 24.3 Å². The van der Waals surface area contributed by atoms with Crippen LogP contribution in [0.1, 0.15) is 22.8 Å². The number of hydrogen-bond acceptors (Lipinski definition) is 5. The van der Waals surface area contributed by atoms with Crippen molar-refractivity contribution in [2.45, 2.75) is 24.8 Å². The average molecular weight is 363 g/mol. The van der Waals surface area contributed by atoms with Gasteiger partial charge in [0.05, 0.1) is 23.6 Å². The zero-order valence-corrected chi connectivity index (χ0v) is 15.2. The Hall–Kier alpha value is -2.38. The van der Waals surface area contributed by atoms with Crippen LogP contribution in [0.15, 0.2) is 53.4 Å². The maximum Gasteiger partial charge on any atom is 0.337 e. The minimum absolute atomic E-state index is 0.00172. The summed E-state index contributed by atoms with van der Waals surface area (Å²) < 4.78 is 37.7. The predicted molar refractivity (Wildman–Crippen MR) is 94.2 cm³/mol. The SMILES string of the molecule is COC(=O)c1cccc(S(=O)(=O)N[C@H](C)COc2ccccc2C)c1. The number of rotatable bonds is 7. The number of aryl methyl sites for hydroxylation is 1. The van der Waals surface area contributed by atoms with Crippen molar-refractivity contribution in [2.24, 2.45) is 0 Å². The van der Waals surface area contributed by atoms with Crippen molar-refractivity contribution in [2.75, 3.05) is 13.7 Å². The molecule has 134 valence electrons. The topological polar surface area (TPSA) is 81.7 Å². The van der Waals surface area contributed by atoms with E-state index in [4.69, 9.17) is 4.74 Å². The summed E-state index contributed by atoms with van der Waals surface area (Å²) in [4.78, 5) is 11.5. The highest BCUT2D eigenvalue weighted by Crippen LogP contribution is 2.17. The highest BCUT2D eigenvalue weighted by Gasteiger charge is 2.19. The van der Waals surface area contributed by atoms with Gasteiger partial charge in [-0.3, -0.25) is 0 Å². The van der Waals surface area contributed by atoms with E-state index in [9.17, 15) is 13.2 Å². The largest absolute Gasteiger partial charge is 0.492 e. The number of sulfonamides is 1. The van der Waals surface area contributed by atoms with Gasteiger partial charge < -0.3 is 9.47 Å². The van der Waals surface area contributed by atoms with Gasteiger partial charge in [-0.2, -0.15) is 0 Å². The molecule has 0 aromatic heterocycles. The Balaban J connectivity index is 2.05. The van der Waals surface area contributed by atoms with E-state index in [0.717, 1.165) is 5.56 Å². The first-order chi connectivity index (χ1) is 11.8. The van der Waals surface area contributed by atoms with E-state index in [-0.39, 0.29) is 17.1 Å². The summed E-state index contributed by atoms with van der Waals surface area (Å²) in [6.45, 7) is 3.81. The molecule has 6 nitrogen and oxygen atoms in total. The molecular formula is C18H21NO5S. The predicted octanol–water partition coefficient (Wildman–Crippen LogP) is 2.53. The number of para-hydroxylation sites is 1. The van der Waals surface area contributed by atoms with E-state index in [0.29, 0.717) is 5.75 Å². The number of benzene rings is 2. The molecule has 2 rings (SSSR count). The standard InChI is InChI=1S/C18H21NO5S/c1-13-7-4-5-10-17(13)24-12-14(2)19-25(21,22)16-9-6-8-15(11-16)18(20)23-3/h4-11,14,19H,12H2,1-3H3/t14-/m1/s1. The Kier molecular flexibility index (Phi) is 6.17. The van der Waals surface area contributed by atoms with E-state index in [1.165, 1.54) is 31.4 Å². The van der Waals surface area contributed by atoms with Crippen LogP contribution in [0.3, 0.4) is 0 Å².